The standard InChI is InChI=1S/C27H18F6O3/c28-26(29,30)35-22-11-6-19(7-12-22)21-10-15-24(20-8-13-23(14-9-20)36-27(31,32)33)25(16-21)34-17-18-4-2-1-3-5-18/h1-16H,17H2. The predicted octanol–water partition coefficient (Wildman–Crippen LogP) is 8.40. The highest BCUT2D eigenvalue weighted by molar-refractivity contribution is 5.76. The highest BCUT2D eigenvalue weighted by Gasteiger charge is 2.31. The summed E-state index contributed by atoms with van der Waals surface area (Å²) in [6.07, 6.45) is -9.59. The topological polar surface area (TPSA) is 27.7 Å². The molecular weight excluding hydrogens is 486 g/mol. The maximum absolute atomic E-state index is 12.5. The molecule has 0 heterocycles. The molecule has 0 fully saturated rings. The van der Waals surface area contributed by atoms with Gasteiger partial charge in [-0.25, -0.2) is 0 Å². The van der Waals surface area contributed by atoms with Crippen LogP contribution in [0, 0.1) is 0 Å². The Balaban J connectivity index is 1.64. The number of ether oxygens (including phenoxy) is 3. The SMILES string of the molecule is FC(F)(F)Oc1ccc(-c2ccc(-c3ccc(OC(F)(F)F)cc3)c(OCc3ccccc3)c2)cc1. The zero-order valence-corrected chi connectivity index (χ0v) is 18.4. The van der Waals surface area contributed by atoms with E-state index in [4.69, 9.17) is 4.74 Å². The van der Waals surface area contributed by atoms with Crippen LogP contribution in [0.15, 0.2) is 97.1 Å². The lowest BCUT2D eigenvalue weighted by molar-refractivity contribution is -0.275. The van der Waals surface area contributed by atoms with E-state index in [9.17, 15) is 26.3 Å². The molecule has 0 bridgehead atoms. The van der Waals surface area contributed by atoms with Crippen molar-refractivity contribution in [3.05, 3.63) is 103 Å². The Morgan fingerprint density at radius 1 is 0.528 bits per heavy atom. The van der Waals surface area contributed by atoms with Crippen LogP contribution < -0.4 is 14.2 Å². The Bertz CT molecular complexity index is 1280. The van der Waals surface area contributed by atoms with Gasteiger partial charge in [-0.2, -0.15) is 0 Å². The van der Waals surface area contributed by atoms with Crippen molar-refractivity contribution in [2.75, 3.05) is 0 Å². The molecule has 0 N–H and O–H groups in total. The van der Waals surface area contributed by atoms with Crippen LogP contribution in [-0.4, -0.2) is 12.7 Å². The van der Waals surface area contributed by atoms with Crippen LogP contribution >= 0.6 is 0 Å². The summed E-state index contributed by atoms with van der Waals surface area (Å²) in [5.74, 6) is -0.253. The zero-order valence-electron chi connectivity index (χ0n) is 18.4. The largest absolute Gasteiger partial charge is 0.573 e. The van der Waals surface area contributed by atoms with Gasteiger partial charge in [-0.3, -0.25) is 0 Å². The summed E-state index contributed by atoms with van der Waals surface area (Å²) in [6, 6.07) is 25.3. The Kier molecular flexibility index (Phi) is 7.10. The lowest BCUT2D eigenvalue weighted by atomic mass is 9.99. The van der Waals surface area contributed by atoms with Crippen molar-refractivity contribution in [1.29, 1.82) is 0 Å². The molecule has 0 saturated carbocycles. The molecule has 4 aromatic carbocycles. The highest BCUT2D eigenvalue weighted by atomic mass is 19.4. The predicted molar refractivity (Wildman–Crippen MR) is 121 cm³/mol. The summed E-state index contributed by atoms with van der Waals surface area (Å²) in [6.45, 7) is 0.227. The zero-order chi connectivity index (χ0) is 25.8. The maximum Gasteiger partial charge on any atom is 0.573 e. The molecule has 186 valence electrons. The van der Waals surface area contributed by atoms with Crippen molar-refractivity contribution in [3.8, 4) is 39.5 Å². The molecule has 0 spiro atoms. The molecule has 4 rings (SSSR count). The van der Waals surface area contributed by atoms with Crippen molar-refractivity contribution in [2.24, 2.45) is 0 Å². The van der Waals surface area contributed by atoms with Gasteiger partial charge in [-0.05, 0) is 52.6 Å². The van der Waals surface area contributed by atoms with Gasteiger partial charge >= 0.3 is 12.7 Å². The first-order valence-electron chi connectivity index (χ1n) is 10.6. The quantitative estimate of drug-likeness (QED) is 0.237. The third-order valence-electron chi connectivity index (χ3n) is 5.04. The van der Waals surface area contributed by atoms with E-state index < -0.39 is 12.7 Å². The fraction of sp³-hybridized carbons (Fsp3) is 0.111. The minimum atomic E-state index is -4.80. The van der Waals surface area contributed by atoms with E-state index in [1.165, 1.54) is 48.5 Å². The number of rotatable bonds is 7. The van der Waals surface area contributed by atoms with E-state index in [2.05, 4.69) is 9.47 Å². The van der Waals surface area contributed by atoms with E-state index in [1.54, 1.807) is 18.2 Å². The Morgan fingerprint density at radius 3 is 1.56 bits per heavy atom. The van der Waals surface area contributed by atoms with Crippen LogP contribution in [0.1, 0.15) is 5.56 Å². The highest BCUT2D eigenvalue weighted by Crippen LogP contribution is 2.37. The van der Waals surface area contributed by atoms with Crippen molar-refractivity contribution < 1.29 is 40.6 Å². The maximum atomic E-state index is 12.5. The van der Waals surface area contributed by atoms with Crippen molar-refractivity contribution in [1.82, 2.24) is 0 Å². The smallest absolute Gasteiger partial charge is 0.488 e. The second-order valence-electron chi connectivity index (χ2n) is 7.63. The molecule has 0 atom stereocenters. The van der Waals surface area contributed by atoms with Crippen LogP contribution in [0.25, 0.3) is 22.3 Å². The van der Waals surface area contributed by atoms with Gasteiger partial charge in [0, 0.05) is 5.56 Å². The Labute approximate surface area is 202 Å². The monoisotopic (exact) mass is 504 g/mol. The summed E-state index contributed by atoms with van der Waals surface area (Å²) in [5, 5.41) is 0. The van der Waals surface area contributed by atoms with Crippen LogP contribution in [0.3, 0.4) is 0 Å². The number of alkyl halides is 6. The Morgan fingerprint density at radius 2 is 1.03 bits per heavy atom. The summed E-state index contributed by atoms with van der Waals surface area (Å²) in [4.78, 5) is 0. The number of halogens is 6. The average molecular weight is 504 g/mol. The molecule has 4 aromatic rings. The van der Waals surface area contributed by atoms with Gasteiger partial charge in [0.25, 0.3) is 0 Å². The van der Waals surface area contributed by atoms with Gasteiger partial charge in [0.05, 0.1) is 0 Å². The second-order valence-corrected chi connectivity index (χ2v) is 7.63. The van der Waals surface area contributed by atoms with Crippen molar-refractivity contribution in [3.63, 3.8) is 0 Å². The molecule has 36 heavy (non-hydrogen) atoms. The molecule has 9 heteroatoms. The van der Waals surface area contributed by atoms with Crippen molar-refractivity contribution >= 4 is 0 Å². The summed E-state index contributed by atoms with van der Waals surface area (Å²) < 4.78 is 88.7. The molecule has 0 aromatic heterocycles. The lowest BCUT2D eigenvalue weighted by Crippen LogP contribution is -2.17. The van der Waals surface area contributed by atoms with E-state index in [0.29, 0.717) is 28.0 Å². The molecular formula is C27H18F6O3. The molecule has 0 unspecified atom stereocenters. The number of benzene rings is 4. The van der Waals surface area contributed by atoms with E-state index in [-0.39, 0.29) is 18.1 Å². The first-order valence-corrected chi connectivity index (χ1v) is 10.6. The lowest BCUT2D eigenvalue weighted by Gasteiger charge is -2.15. The minimum absolute atomic E-state index is 0.227. The van der Waals surface area contributed by atoms with E-state index >= 15 is 0 Å². The molecule has 0 amide bonds. The first kappa shape index (κ1) is 25.0. The van der Waals surface area contributed by atoms with Gasteiger partial charge in [-0.1, -0.05) is 66.7 Å². The molecule has 0 aliphatic carbocycles. The third kappa shape index (κ3) is 6.94. The van der Waals surface area contributed by atoms with Crippen LogP contribution in [0.4, 0.5) is 26.3 Å². The van der Waals surface area contributed by atoms with Crippen LogP contribution in [0.2, 0.25) is 0 Å². The number of hydrogen-bond acceptors (Lipinski definition) is 3. The third-order valence-corrected chi connectivity index (χ3v) is 5.04. The first-order chi connectivity index (χ1) is 17.1. The van der Waals surface area contributed by atoms with E-state index in [1.807, 2.05) is 30.3 Å². The molecule has 0 aliphatic heterocycles. The number of hydrogen-bond donors (Lipinski definition) is 0. The second kappa shape index (κ2) is 10.2. The molecule has 3 nitrogen and oxygen atoms in total. The summed E-state index contributed by atoms with van der Waals surface area (Å²) in [5.41, 5.74) is 3.39. The minimum Gasteiger partial charge on any atom is -0.488 e. The molecule has 0 radical (unpaired) electrons. The van der Waals surface area contributed by atoms with Crippen LogP contribution in [0.5, 0.6) is 17.2 Å². The van der Waals surface area contributed by atoms with Gasteiger partial charge in [0.1, 0.15) is 23.9 Å². The van der Waals surface area contributed by atoms with Gasteiger partial charge in [-0.15, -0.1) is 26.3 Å². The fourth-order valence-electron chi connectivity index (χ4n) is 3.48. The normalized spacial score (nSPS) is 11.7. The van der Waals surface area contributed by atoms with E-state index in [0.717, 1.165) is 5.56 Å². The van der Waals surface area contributed by atoms with Gasteiger partial charge in [0.2, 0.25) is 0 Å². The van der Waals surface area contributed by atoms with Crippen molar-refractivity contribution in [2.45, 2.75) is 19.3 Å². The van der Waals surface area contributed by atoms with Crippen LogP contribution in [-0.2, 0) is 6.61 Å². The molecule has 0 aliphatic rings. The summed E-state index contributed by atoms with van der Waals surface area (Å²) >= 11 is 0. The molecule has 0 saturated heterocycles. The van der Waals surface area contributed by atoms with Gasteiger partial charge < -0.3 is 14.2 Å². The fourth-order valence-corrected chi connectivity index (χ4v) is 3.48. The summed E-state index contributed by atoms with van der Waals surface area (Å²) in [7, 11) is 0. The average Bonchev–Trinajstić information content (AvgIpc) is 2.82. The van der Waals surface area contributed by atoms with Gasteiger partial charge in [0.15, 0.2) is 0 Å². The Hall–Kier alpha value is -4.14.